The topological polar surface area (TPSA) is 58.6 Å². The van der Waals surface area contributed by atoms with E-state index >= 15 is 0 Å². The first-order valence-corrected chi connectivity index (χ1v) is 6.23. The third kappa shape index (κ3) is 5.46. The smallest absolute Gasteiger partial charge is 0.161 e. The minimum atomic E-state index is -1.23. The van der Waals surface area contributed by atoms with Crippen LogP contribution in [-0.4, -0.2) is 19.7 Å². The molecule has 0 aliphatic carbocycles. The van der Waals surface area contributed by atoms with Gasteiger partial charge in [0, 0.05) is 0 Å². The van der Waals surface area contributed by atoms with Crippen molar-refractivity contribution in [3.8, 4) is 11.5 Å². The van der Waals surface area contributed by atoms with E-state index in [4.69, 9.17) is 9.47 Å². The summed E-state index contributed by atoms with van der Waals surface area (Å²) in [5.74, 6) is 0.602. The minimum Gasteiger partial charge on any atom is -0.545 e. The van der Waals surface area contributed by atoms with Gasteiger partial charge in [-0.2, -0.15) is 0 Å². The summed E-state index contributed by atoms with van der Waals surface area (Å²) in [6.45, 7) is 4.89. The minimum absolute atomic E-state index is 0.580. The number of carbonyl (C=O) groups excluding carboxylic acids is 1. The maximum absolute atomic E-state index is 10.3. The second-order valence-corrected chi connectivity index (χ2v) is 4.59. The van der Waals surface area contributed by atoms with Crippen LogP contribution in [0.5, 0.6) is 11.5 Å². The number of carboxylic acids is 1. The summed E-state index contributed by atoms with van der Waals surface area (Å²) in [5.41, 5.74) is 0.720. The molecule has 0 amide bonds. The molecule has 0 saturated carbocycles. The van der Waals surface area contributed by atoms with E-state index in [-0.39, 0.29) is 0 Å². The summed E-state index contributed by atoms with van der Waals surface area (Å²) >= 11 is 0. The summed E-state index contributed by atoms with van der Waals surface area (Å²) in [4.78, 5) is 10.3. The second-order valence-electron chi connectivity index (χ2n) is 4.59. The van der Waals surface area contributed by atoms with Crippen molar-refractivity contribution in [3.05, 3.63) is 29.8 Å². The number of carboxylic acid groups (broad SMARTS) is 1. The highest BCUT2D eigenvalue weighted by Gasteiger charge is 2.05. The van der Waals surface area contributed by atoms with Crippen LogP contribution in [0.1, 0.15) is 25.8 Å². The predicted octanol–water partition coefficient (Wildman–Crippen LogP) is 1.88. The zero-order valence-corrected chi connectivity index (χ0v) is 11.5. The van der Waals surface area contributed by atoms with Gasteiger partial charge in [0.05, 0.1) is 19.7 Å². The Morgan fingerprint density at radius 3 is 2.68 bits per heavy atom. The molecule has 19 heavy (non-hydrogen) atoms. The van der Waals surface area contributed by atoms with Crippen LogP contribution < -0.4 is 14.6 Å². The molecule has 4 heteroatoms. The van der Waals surface area contributed by atoms with Crippen molar-refractivity contribution in [2.75, 3.05) is 13.7 Å². The summed E-state index contributed by atoms with van der Waals surface area (Å²) in [7, 11) is 1.55. The second kappa shape index (κ2) is 7.46. The van der Waals surface area contributed by atoms with Gasteiger partial charge in [0.2, 0.25) is 0 Å². The van der Waals surface area contributed by atoms with Crippen LogP contribution in [0, 0.1) is 5.92 Å². The Balaban J connectivity index is 2.75. The van der Waals surface area contributed by atoms with E-state index in [0.717, 1.165) is 18.1 Å². The van der Waals surface area contributed by atoms with Crippen molar-refractivity contribution in [3.63, 3.8) is 0 Å². The number of hydrogen-bond donors (Lipinski definition) is 0. The lowest BCUT2D eigenvalue weighted by Crippen LogP contribution is -2.18. The SMILES string of the molecule is COc1cc(/C=C/C(=O)[O-])ccc1OCCC(C)C. The standard InChI is InChI=1S/C15H20O4/c1-11(2)8-9-19-13-6-4-12(5-7-15(16)17)10-14(13)18-3/h4-7,10-11H,8-9H2,1-3H3,(H,16,17)/p-1/b7-5+. The summed E-state index contributed by atoms with van der Waals surface area (Å²) in [5, 5.41) is 10.3. The molecule has 0 atom stereocenters. The largest absolute Gasteiger partial charge is 0.545 e. The van der Waals surface area contributed by atoms with Crippen LogP contribution in [0.4, 0.5) is 0 Å². The van der Waals surface area contributed by atoms with Crippen molar-refractivity contribution in [1.82, 2.24) is 0 Å². The molecule has 0 fully saturated rings. The lowest BCUT2D eigenvalue weighted by atomic mass is 10.1. The average Bonchev–Trinajstić information content (AvgIpc) is 2.36. The maximum atomic E-state index is 10.3. The Morgan fingerprint density at radius 1 is 1.37 bits per heavy atom. The first-order valence-electron chi connectivity index (χ1n) is 6.23. The number of hydrogen-bond acceptors (Lipinski definition) is 4. The van der Waals surface area contributed by atoms with Crippen LogP contribution in [0.15, 0.2) is 24.3 Å². The van der Waals surface area contributed by atoms with Crippen LogP contribution in [0.3, 0.4) is 0 Å². The Labute approximate surface area is 113 Å². The number of ether oxygens (including phenoxy) is 2. The number of rotatable bonds is 7. The molecule has 0 bridgehead atoms. The molecule has 0 spiro atoms. The van der Waals surface area contributed by atoms with Gasteiger partial charge in [-0.25, -0.2) is 0 Å². The Bertz CT molecular complexity index is 449. The van der Waals surface area contributed by atoms with E-state index in [1.54, 1.807) is 25.3 Å². The molecular formula is C15H19O4-. The zero-order valence-electron chi connectivity index (χ0n) is 11.5. The monoisotopic (exact) mass is 263 g/mol. The van der Waals surface area contributed by atoms with Gasteiger partial charge in [-0.15, -0.1) is 0 Å². The molecule has 1 aromatic rings. The van der Waals surface area contributed by atoms with Crippen molar-refractivity contribution in [1.29, 1.82) is 0 Å². The Kier molecular flexibility index (Phi) is 5.93. The van der Waals surface area contributed by atoms with Gasteiger partial charge in [-0.1, -0.05) is 26.0 Å². The van der Waals surface area contributed by atoms with E-state index < -0.39 is 5.97 Å². The van der Waals surface area contributed by atoms with Crippen LogP contribution in [-0.2, 0) is 4.79 Å². The van der Waals surface area contributed by atoms with Crippen LogP contribution in [0.25, 0.3) is 6.08 Å². The van der Waals surface area contributed by atoms with Gasteiger partial charge in [0.25, 0.3) is 0 Å². The third-order valence-corrected chi connectivity index (χ3v) is 2.55. The van der Waals surface area contributed by atoms with Crippen LogP contribution in [0.2, 0.25) is 0 Å². The molecule has 0 radical (unpaired) electrons. The Hall–Kier alpha value is -1.97. The summed E-state index contributed by atoms with van der Waals surface area (Å²) in [6, 6.07) is 5.27. The predicted molar refractivity (Wildman–Crippen MR) is 72.0 cm³/mol. The van der Waals surface area contributed by atoms with Gasteiger partial charge in [-0.05, 0) is 36.1 Å². The highest BCUT2D eigenvalue weighted by Crippen LogP contribution is 2.28. The Morgan fingerprint density at radius 2 is 2.11 bits per heavy atom. The highest BCUT2D eigenvalue weighted by molar-refractivity contribution is 5.83. The molecular weight excluding hydrogens is 244 g/mol. The molecule has 0 heterocycles. The lowest BCUT2D eigenvalue weighted by molar-refractivity contribution is -0.297. The normalized spacial score (nSPS) is 10.9. The van der Waals surface area contributed by atoms with Gasteiger partial charge in [-0.3, -0.25) is 0 Å². The number of aliphatic carboxylic acids is 1. The first kappa shape index (κ1) is 15.1. The zero-order chi connectivity index (χ0) is 14.3. The number of carbonyl (C=O) groups is 1. The fourth-order valence-electron chi connectivity index (χ4n) is 1.48. The molecule has 1 aromatic carbocycles. The number of benzene rings is 1. The summed E-state index contributed by atoms with van der Waals surface area (Å²) in [6.07, 6.45) is 3.40. The number of methoxy groups -OCH3 is 1. The van der Waals surface area contributed by atoms with Crippen molar-refractivity contribution < 1.29 is 19.4 Å². The molecule has 0 aliphatic heterocycles. The van der Waals surface area contributed by atoms with E-state index in [1.807, 2.05) is 0 Å². The quantitative estimate of drug-likeness (QED) is 0.705. The van der Waals surface area contributed by atoms with Crippen molar-refractivity contribution in [2.24, 2.45) is 5.92 Å². The lowest BCUT2D eigenvalue weighted by Gasteiger charge is -2.12. The average molecular weight is 263 g/mol. The van der Waals surface area contributed by atoms with Gasteiger partial charge < -0.3 is 19.4 Å². The van der Waals surface area contributed by atoms with E-state index in [9.17, 15) is 9.90 Å². The van der Waals surface area contributed by atoms with E-state index in [1.165, 1.54) is 6.08 Å². The van der Waals surface area contributed by atoms with E-state index in [0.29, 0.717) is 24.0 Å². The first-order chi connectivity index (χ1) is 9.02. The molecule has 4 nitrogen and oxygen atoms in total. The maximum Gasteiger partial charge on any atom is 0.161 e. The molecule has 0 unspecified atom stereocenters. The van der Waals surface area contributed by atoms with Crippen molar-refractivity contribution in [2.45, 2.75) is 20.3 Å². The van der Waals surface area contributed by atoms with Crippen LogP contribution >= 0.6 is 0 Å². The van der Waals surface area contributed by atoms with E-state index in [2.05, 4.69) is 13.8 Å². The fourth-order valence-corrected chi connectivity index (χ4v) is 1.48. The molecule has 104 valence electrons. The van der Waals surface area contributed by atoms with Crippen molar-refractivity contribution >= 4 is 12.0 Å². The molecule has 0 aromatic heterocycles. The third-order valence-electron chi connectivity index (χ3n) is 2.55. The van der Waals surface area contributed by atoms with Gasteiger partial charge >= 0.3 is 0 Å². The highest BCUT2D eigenvalue weighted by atomic mass is 16.5. The van der Waals surface area contributed by atoms with Gasteiger partial charge in [0.15, 0.2) is 11.5 Å². The molecule has 0 aliphatic rings. The molecule has 0 N–H and O–H groups in total. The van der Waals surface area contributed by atoms with Gasteiger partial charge in [0.1, 0.15) is 0 Å². The fraction of sp³-hybridized carbons (Fsp3) is 0.400. The summed E-state index contributed by atoms with van der Waals surface area (Å²) < 4.78 is 10.9. The molecule has 1 rings (SSSR count). The molecule has 0 saturated heterocycles.